The van der Waals surface area contributed by atoms with E-state index in [9.17, 15) is 4.79 Å². The fourth-order valence-electron chi connectivity index (χ4n) is 1.33. The van der Waals surface area contributed by atoms with Crippen LogP contribution in [0.4, 0.5) is 0 Å². The minimum absolute atomic E-state index is 0.286. The highest BCUT2D eigenvalue weighted by atomic mass is 35.5. The third-order valence-electron chi connectivity index (χ3n) is 2.28. The first kappa shape index (κ1) is 12.8. The van der Waals surface area contributed by atoms with Crippen LogP contribution >= 0.6 is 23.2 Å². The molecule has 18 heavy (non-hydrogen) atoms. The first-order valence-electron chi connectivity index (χ1n) is 5.07. The molecule has 1 heterocycles. The number of carbonyl (C=O) groups is 1. The molecule has 1 aromatic heterocycles. The second-order valence-corrected chi connectivity index (χ2v) is 4.41. The van der Waals surface area contributed by atoms with Crippen molar-refractivity contribution in [1.82, 2.24) is 25.9 Å². The van der Waals surface area contributed by atoms with Gasteiger partial charge < -0.3 is 5.32 Å². The summed E-state index contributed by atoms with van der Waals surface area (Å²) in [6, 6.07) is 4.30. The molecule has 1 atom stereocenters. The highest BCUT2D eigenvalue weighted by Gasteiger charge is 2.15. The van der Waals surface area contributed by atoms with Gasteiger partial charge in [0.1, 0.15) is 0 Å². The lowest BCUT2D eigenvalue weighted by atomic mass is 10.2. The Labute approximate surface area is 113 Å². The molecule has 2 aromatic rings. The topological polar surface area (TPSA) is 83.6 Å². The van der Waals surface area contributed by atoms with Gasteiger partial charge in [-0.1, -0.05) is 28.4 Å². The molecule has 0 aliphatic carbocycles. The molecule has 2 rings (SSSR count). The number of hydrogen-bond donors (Lipinski definition) is 2. The van der Waals surface area contributed by atoms with Gasteiger partial charge in [-0.15, -0.1) is 10.2 Å². The number of H-pyrrole nitrogens is 1. The van der Waals surface area contributed by atoms with Crippen molar-refractivity contribution in [3.63, 3.8) is 0 Å². The minimum Gasteiger partial charge on any atom is -0.342 e. The van der Waals surface area contributed by atoms with E-state index in [1.165, 1.54) is 6.07 Å². The molecule has 1 amide bonds. The Bertz CT molecular complexity index is 557. The molecule has 2 N–H and O–H groups in total. The average molecular weight is 286 g/mol. The van der Waals surface area contributed by atoms with Crippen LogP contribution in [0.15, 0.2) is 18.2 Å². The number of carbonyl (C=O) groups excluding carboxylic acids is 1. The summed E-state index contributed by atoms with van der Waals surface area (Å²) in [6.45, 7) is 1.75. The molecule has 1 aromatic carbocycles. The average Bonchev–Trinajstić information content (AvgIpc) is 2.86. The number of halogens is 2. The number of tetrazole rings is 1. The lowest BCUT2D eigenvalue weighted by Crippen LogP contribution is -2.27. The van der Waals surface area contributed by atoms with Gasteiger partial charge in [-0.25, -0.2) is 0 Å². The van der Waals surface area contributed by atoms with E-state index >= 15 is 0 Å². The van der Waals surface area contributed by atoms with Gasteiger partial charge in [0.2, 0.25) is 0 Å². The molecule has 0 saturated carbocycles. The van der Waals surface area contributed by atoms with Crippen molar-refractivity contribution < 1.29 is 4.79 Å². The molecular weight excluding hydrogens is 277 g/mol. The largest absolute Gasteiger partial charge is 0.342 e. The number of rotatable bonds is 3. The van der Waals surface area contributed by atoms with E-state index < -0.39 is 0 Å². The number of benzene rings is 1. The Morgan fingerprint density at radius 2 is 2.17 bits per heavy atom. The molecule has 6 nitrogen and oxygen atoms in total. The predicted molar refractivity (Wildman–Crippen MR) is 66.5 cm³/mol. The number of nitrogens with one attached hydrogen (secondary N) is 2. The first-order chi connectivity index (χ1) is 8.58. The molecule has 0 bridgehead atoms. The van der Waals surface area contributed by atoms with Crippen molar-refractivity contribution in [2.45, 2.75) is 13.0 Å². The van der Waals surface area contributed by atoms with Gasteiger partial charge in [0.15, 0.2) is 5.82 Å². The minimum atomic E-state index is -0.356. The van der Waals surface area contributed by atoms with Crippen LogP contribution in [-0.2, 0) is 0 Å². The van der Waals surface area contributed by atoms with Gasteiger partial charge in [0.25, 0.3) is 5.91 Å². The van der Waals surface area contributed by atoms with Crippen molar-refractivity contribution in [1.29, 1.82) is 0 Å². The quantitative estimate of drug-likeness (QED) is 0.903. The number of aromatic amines is 1. The normalized spacial score (nSPS) is 12.2. The molecule has 1 unspecified atom stereocenters. The van der Waals surface area contributed by atoms with E-state index in [0.717, 1.165) is 0 Å². The number of hydrogen-bond acceptors (Lipinski definition) is 4. The summed E-state index contributed by atoms with van der Waals surface area (Å²) in [5.74, 6) is 0.120. The predicted octanol–water partition coefficient (Wildman–Crippen LogP) is 2.00. The summed E-state index contributed by atoms with van der Waals surface area (Å²) < 4.78 is 0. The van der Waals surface area contributed by atoms with Crippen molar-refractivity contribution >= 4 is 29.1 Å². The maximum absolute atomic E-state index is 11.9. The van der Waals surface area contributed by atoms with Crippen LogP contribution in [0.2, 0.25) is 10.0 Å². The fourth-order valence-corrected chi connectivity index (χ4v) is 1.63. The molecule has 0 spiro atoms. The van der Waals surface area contributed by atoms with Crippen LogP contribution < -0.4 is 5.32 Å². The Balaban J connectivity index is 2.10. The maximum atomic E-state index is 11.9. The van der Waals surface area contributed by atoms with Crippen molar-refractivity contribution in [2.24, 2.45) is 0 Å². The van der Waals surface area contributed by atoms with Crippen LogP contribution in [0.5, 0.6) is 0 Å². The van der Waals surface area contributed by atoms with Gasteiger partial charge in [0.05, 0.1) is 16.1 Å². The Morgan fingerprint density at radius 3 is 2.78 bits per heavy atom. The van der Waals surface area contributed by atoms with Crippen molar-refractivity contribution in [2.75, 3.05) is 0 Å². The zero-order chi connectivity index (χ0) is 13.1. The second-order valence-electron chi connectivity index (χ2n) is 3.59. The number of amides is 1. The molecule has 0 saturated heterocycles. The summed E-state index contributed by atoms with van der Waals surface area (Å²) in [7, 11) is 0. The molecule has 94 valence electrons. The highest BCUT2D eigenvalue weighted by molar-refractivity contribution is 6.42. The summed E-state index contributed by atoms with van der Waals surface area (Å²) >= 11 is 11.6. The standard InChI is InChI=1S/C10H9Cl2N5O/c1-5(9-14-16-17-15-9)13-10(18)6-2-3-7(11)8(12)4-6/h2-5H,1H3,(H,13,18)(H,14,15,16,17). The molecule has 0 aliphatic rings. The Morgan fingerprint density at radius 1 is 1.39 bits per heavy atom. The SMILES string of the molecule is CC(NC(=O)c1ccc(Cl)c(Cl)c1)c1nn[nH]n1. The lowest BCUT2D eigenvalue weighted by molar-refractivity contribution is 0.0938. The van der Waals surface area contributed by atoms with Crippen LogP contribution in [0.3, 0.4) is 0 Å². The van der Waals surface area contributed by atoms with Gasteiger partial charge in [-0.2, -0.15) is 5.21 Å². The van der Waals surface area contributed by atoms with Gasteiger partial charge in [0, 0.05) is 5.56 Å². The van der Waals surface area contributed by atoms with Crippen LogP contribution in [-0.4, -0.2) is 26.5 Å². The van der Waals surface area contributed by atoms with Crippen molar-refractivity contribution in [3.05, 3.63) is 39.6 Å². The van der Waals surface area contributed by atoms with E-state index in [0.29, 0.717) is 21.4 Å². The third-order valence-corrected chi connectivity index (χ3v) is 3.02. The Hall–Kier alpha value is -1.66. The zero-order valence-electron chi connectivity index (χ0n) is 9.32. The lowest BCUT2D eigenvalue weighted by Gasteiger charge is -2.10. The van der Waals surface area contributed by atoms with E-state index in [1.54, 1.807) is 19.1 Å². The number of nitrogens with zero attached hydrogens (tertiary/aromatic N) is 3. The van der Waals surface area contributed by atoms with Gasteiger partial charge >= 0.3 is 0 Å². The van der Waals surface area contributed by atoms with Crippen LogP contribution in [0, 0.1) is 0 Å². The summed E-state index contributed by atoms with van der Waals surface area (Å²) in [5, 5.41) is 16.8. The van der Waals surface area contributed by atoms with E-state index in [1.807, 2.05) is 0 Å². The molecule has 0 aliphatic heterocycles. The maximum Gasteiger partial charge on any atom is 0.251 e. The number of aromatic nitrogens is 4. The second kappa shape index (κ2) is 5.32. The van der Waals surface area contributed by atoms with Crippen molar-refractivity contribution in [3.8, 4) is 0 Å². The fraction of sp³-hybridized carbons (Fsp3) is 0.200. The smallest absolute Gasteiger partial charge is 0.251 e. The molecule has 0 radical (unpaired) electrons. The summed E-state index contributed by atoms with van der Waals surface area (Å²) in [6.07, 6.45) is 0. The van der Waals surface area contributed by atoms with E-state index in [2.05, 4.69) is 25.9 Å². The third kappa shape index (κ3) is 2.77. The zero-order valence-corrected chi connectivity index (χ0v) is 10.8. The van der Waals surface area contributed by atoms with Gasteiger partial charge in [-0.3, -0.25) is 4.79 Å². The van der Waals surface area contributed by atoms with Gasteiger partial charge in [-0.05, 0) is 25.1 Å². The van der Waals surface area contributed by atoms with E-state index in [4.69, 9.17) is 23.2 Å². The van der Waals surface area contributed by atoms with Crippen LogP contribution in [0.25, 0.3) is 0 Å². The molecule has 0 fully saturated rings. The van der Waals surface area contributed by atoms with Crippen LogP contribution in [0.1, 0.15) is 29.1 Å². The molecule has 8 heteroatoms. The monoisotopic (exact) mass is 285 g/mol. The summed E-state index contributed by atoms with van der Waals surface area (Å²) in [4.78, 5) is 11.9. The Kier molecular flexibility index (Phi) is 3.78. The highest BCUT2D eigenvalue weighted by Crippen LogP contribution is 2.22. The molecular formula is C10H9Cl2N5O. The van der Waals surface area contributed by atoms with E-state index in [-0.39, 0.29) is 11.9 Å². The summed E-state index contributed by atoms with van der Waals surface area (Å²) in [5.41, 5.74) is 0.416. The first-order valence-corrected chi connectivity index (χ1v) is 5.83.